The lowest BCUT2D eigenvalue weighted by molar-refractivity contribution is -0.141. The van der Waals surface area contributed by atoms with E-state index >= 15 is 0 Å². The van der Waals surface area contributed by atoms with Crippen LogP contribution in [0.25, 0.3) is 0 Å². The summed E-state index contributed by atoms with van der Waals surface area (Å²) in [6, 6.07) is 10.9. The predicted octanol–water partition coefficient (Wildman–Crippen LogP) is 2.82. The highest BCUT2D eigenvalue weighted by atomic mass is 32.2. The summed E-state index contributed by atoms with van der Waals surface area (Å²) in [4.78, 5) is 27.3. The van der Waals surface area contributed by atoms with Crippen LogP contribution in [0.4, 0.5) is 5.69 Å². The monoisotopic (exact) mass is 430 g/mol. The van der Waals surface area contributed by atoms with Gasteiger partial charge in [-0.1, -0.05) is 24.3 Å². The number of rotatable bonds is 4. The van der Waals surface area contributed by atoms with Crippen molar-refractivity contribution >= 4 is 27.6 Å². The number of carbonyl (C=O) groups excluding carboxylic acids is 2. The number of anilines is 1. The van der Waals surface area contributed by atoms with E-state index in [-0.39, 0.29) is 10.5 Å². The minimum absolute atomic E-state index is 0.00604. The number of carbonyl (C=O) groups is 2. The van der Waals surface area contributed by atoms with E-state index in [2.05, 4.69) is 4.72 Å². The number of benzene rings is 2. The molecule has 1 amide bonds. The molecule has 1 atom stereocenters. The van der Waals surface area contributed by atoms with Crippen LogP contribution in [0.15, 0.2) is 47.4 Å². The highest BCUT2D eigenvalue weighted by molar-refractivity contribution is 7.89. The van der Waals surface area contributed by atoms with E-state index < -0.39 is 33.5 Å². The molecule has 2 aromatic rings. The maximum absolute atomic E-state index is 13.5. The number of aryl methyl sites for hydroxylation is 1. The Balaban J connectivity index is 2.07. The standard InChI is InChI=1S/C22H26N2O5S/c1-14-10-11-16(30(27,28)23-22(2,3)4)13-17(14)20(25)24-18-9-7-6-8-15(18)12-19(24)21(26)29-5/h6-11,13,19,23H,12H2,1-5H3. The van der Waals surface area contributed by atoms with Gasteiger partial charge in [0.1, 0.15) is 6.04 Å². The molecular weight excluding hydrogens is 404 g/mol. The number of fused-ring (bicyclic) bond motifs is 1. The van der Waals surface area contributed by atoms with Gasteiger partial charge in [-0.2, -0.15) is 0 Å². The van der Waals surface area contributed by atoms with Crippen LogP contribution in [0.1, 0.15) is 42.3 Å². The molecule has 160 valence electrons. The highest BCUT2D eigenvalue weighted by Crippen LogP contribution is 2.34. The summed E-state index contributed by atoms with van der Waals surface area (Å²) in [6.45, 7) is 6.96. The fraction of sp³-hybridized carbons (Fsp3) is 0.364. The predicted molar refractivity (Wildman–Crippen MR) is 114 cm³/mol. The van der Waals surface area contributed by atoms with E-state index in [0.29, 0.717) is 17.7 Å². The Morgan fingerprint density at radius 3 is 2.43 bits per heavy atom. The third-order valence-electron chi connectivity index (χ3n) is 4.86. The van der Waals surface area contributed by atoms with Crippen LogP contribution >= 0.6 is 0 Å². The summed E-state index contributed by atoms with van der Waals surface area (Å²) < 4.78 is 33.0. The van der Waals surface area contributed by atoms with E-state index in [9.17, 15) is 18.0 Å². The Hall–Kier alpha value is -2.71. The van der Waals surface area contributed by atoms with Gasteiger partial charge in [0, 0.05) is 23.2 Å². The van der Waals surface area contributed by atoms with Crippen molar-refractivity contribution in [1.82, 2.24) is 4.72 Å². The zero-order valence-electron chi connectivity index (χ0n) is 17.7. The van der Waals surface area contributed by atoms with E-state index in [4.69, 9.17) is 4.74 Å². The zero-order chi connectivity index (χ0) is 22.3. The first-order valence-electron chi connectivity index (χ1n) is 9.58. The number of amides is 1. The summed E-state index contributed by atoms with van der Waals surface area (Å²) in [7, 11) is -2.54. The Kier molecular flexibility index (Phi) is 5.75. The van der Waals surface area contributed by atoms with E-state index in [1.165, 1.54) is 24.1 Å². The summed E-state index contributed by atoms with van der Waals surface area (Å²) in [5.41, 5.74) is 1.65. The topological polar surface area (TPSA) is 92.8 Å². The minimum Gasteiger partial charge on any atom is -0.467 e. The SMILES string of the molecule is COC(=O)C1Cc2ccccc2N1C(=O)c1cc(S(=O)(=O)NC(C)(C)C)ccc1C. The molecule has 0 radical (unpaired) electrons. The zero-order valence-corrected chi connectivity index (χ0v) is 18.5. The molecule has 3 rings (SSSR count). The molecule has 0 bridgehead atoms. The van der Waals surface area contributed by atoms with E-state index in [0.717, 1.165) is 5.56 Å². The summed E-state index contributed by atoms with van der Waals surface area (Å²) in [5.74, 6) is -0.962. The first-order valence-corrected chi connectivity index (χ1v) is 11.1. The number of hydrogen-bond donors (Lipinski definition) is 1. The van der Waals surface area contributed by atoms with Crippen LogP contribution in [0.5, 0.6) is 0 Å². The Labute approximate surface area is 177 Å². The largest absolute Gasteiger partial charge is 0.467 e. The van der Waals surface area contributed by atoms with Gasteiger partial charge in [0.2, 0.25) is 10.0 Å². The van der Waals surface area contributed by atoms with Crippen LogP contribution in [0.3, 0.4) is 0 Å². The third kappa shape index (κ3) is 4.24. The van der Waals surface area contributed by atoms with Gasteiger partial charge < -0.3 is 4.74 Å². The van der Waals surface area contributed by atoms with Gasteiger partial charge in [-0.15, -0.1) is 0 Å². The van der Waals surface area contributed by atoms with Crippen LogP contribution in [0, 0.1) is 6.92 Å². The first-order chi connectivity index (χ1) is 13.9. The maximum atomic E-state index is 13.5. The minimum atomic E-state index is -3.82. The number of methoxy groups -OCH3 is 1. The van der Waals surface area contributed by atoms with E-state index in [1.807, 2.05) is 12.1 Å². The van der Waals surface area contributed by atoms with Crippen molar-refractivity contribution in [3.63, 3.8) is 0 Å². The first kappa shape index (κ1) is 22.0. The fourth-order valence-corrected chi connectivity index (χ4v) is 5.00. The fourth-order valence-electron chi connectivity index (χ4n) is 3.55. The normalized spacial score (nSPS) is 16.3. The number of nitrogens with one attached hydrogen (secondary N) is 1. The molecule has 1 aliphatic heterocycles. The molecule has 0 saturated carbocycles. The van der Waals surface area contributed by atoms with Crippen LogP contribution in [-0.4, -0.2) is 39.0 Å². The number of esters is 1. The van der Waals surface area contributed by atoms with Crippen molar-refractivity contribution in [3.8, 4) is 0 Å². The van der Waals surface area contributed by atoms with Crippen LogP contribution in [0.2, 0.25) is 0 Å². The smallest absolute Gasteiger partial charge is 0.329 e. The van der Waals surface area contributed by atoms with Crippen molar-refractivity contribution in [3.05, 3.63) is 59.2 Å². The highest BCUT2D eigenvalue weighted by Gasteiger charge is 2.40. The van der Waals surface area contributed by atoms with Gasteiger partial charge >= 0.3 is 5.97 Å². The molecule has 1 heterocycles. The van der Waals surface area contributed by atoms with Crippen molar-refractivity contribution in [2.75, 3.05) is 12.0 Å². The quantitative estimate of drug-likeness (QED) is 0.753. The van der Waals surface area contributed by atoms with Crippen molar-refractivity contribution in [2.24, 2.45) is 0 Å². The number of para-hydroxylation sites is 1. The third-order valence-corrected chi connectivity index (χ3v) is 6.61. The second kappa shape index (κ2) is 7.85. The molecule has 1 unspecified atom stereocenters. The lowest BCUT2D eigenvalue weighted by atomic mass is 10.1. The number of ether oxygens (including phenoxy) is 1. The van der Waals surface area contributed by atoms with Crippen molar-refractivity contribution in [2.45, 2.75) is 50.6 Å². The van der Waals surface area contributed by atoms with Gasteiger partial charge in [-0.3, -0.25) is 9.69 Å². The molecule has 7 nitrogen and oxygen atoms in total. The second-order valence-corrected chi connectivity index (χ2v) is 10.1. The number of hydrogen-bond acceptors (Lipinski definition) is 5. The van der Waals surface area contributed by atoms with Gasteiger partial charge in [0.25, 0.3) is 5.91 Å². The van der Waals surface area contributed by atoms with Gasteiger partial charge in [-0.05, 0) is 57.0 Å². The lowest BCUT2D eigenvalue weighted by Gasteiger charge is -2.25. The maximum Gasteiger partial charge on any atom is 0.329 e. The van der Waals surface area contributed by atoms with Gasteiger partial charge in [0.05, 0.1) is 12.0 Å². The van der Waals surface area contributed by atoms with Crippen LogP contribution < -0.4 is 9.62 Å². The molecular formula is C22H26N2O5S. The number of sulfonamides is 1. The summed E-state index contributed by atoms with van der Waals surface area (Å²) in [6.07, 6.45) is 0.344. The molecule has 0 aliphatic carbocycles. The summed E-state index contributed by atoms with van der Waals surface area (Å²) >= 11 is 0. The van der Waals surface area contributed by atoms with Crippen molar-refractivity contribution in [1.29, 1.82) is 0 Å². The molecule has 0 aromatic heterocycles. The molecule has 0 fully saturated rings. The number of nitrogens with zero attached hydrogens (tertiary/aromatic N) is 1. The molecule has 1 aliphatic rings. The van der Waals surface area contributed by atoms with Gasteiger partial charge in [0.15, 0.2) is 0 Å². The molecule has 1 N–H and O–H groups in total. The van der Waals surface area contributed by atoms with Crippen LogP contribution in [-0.2, 0) is 26.0 Å². The molecule has 30 heavy (non-hydrogen) atoms. The van der Waals surface area contributed by atoms with E-state index in [1.54, 1.807) is 45.9 Å². The lowest BCUT2D eigenvalue weighted by Crippen LogP contribution is -2.44. The summed E-state index contributed by atoms with van der Waals surface area (Å²) in [5, 5.41) is 0. The molecule has 2 aromatic carbocycles. The molecule has 8 heteroatoms. The second-order valence-electron chi connectivity index (χ2n) is 8.38. The molecule has 0 saturated heterocycles. The average Bonchev–Trinajstić information content (AvgIpc) is 3.04. The Bertz CT molecular complexity index is 1100. The Morgan fingerprint density at radius 2 is 1.80 bits per heavy atom. The van der Waals surface area contributed by atoms with Gasteiger partial charge in [-0.25, -0.2) is 17.9 Å². The average molecular weight is 431 g/mol. The van der Waals surface area contributed by atoms with Crippen molar-refractivity contribution < 1.29 is 22.7 Å². The Morgan fingerprint density at radius 1 is 1.13 bits per heavy atom. The molecule has 0 spiro atoms.